The standard InChI is InChI=1S/C11H18O8S/c1-6(12)15-5-7-8(19-20(4,13)14)9-10(16-7)18-11(2,3)17-9/h7-10H,5H2,1-4H3/t7-,8-,9-,10?/m1/s1. The maximum atomic E-state index is 11.3. The van der Waals surface area contributed by atoms with Crippen molar-refractivity contribution in [3.8, 4) is 0 Å². The van der Waals surface area contributed by atoms with Crippen LogP contribution in [-0.4, -0.2) is 57.6 Å². The van der Waals surface area contributed by atoms with Crippen molar-refractivity contribution in [3.05, 3.63) is 0 Å². The maximum Gasteiger partial charge on any atom is 0.302 e. The van der Waals surface area contributed by atoms with E-state index in [1.165, 1.54) is 6.92 Å². The molecule has 0 bridgehead atoms. The van der Waals surface area contributed by atoms with E-state index in [4.69, 9.17) is 23.1 Å². The van der Waals surface area contributed by atoms with E-state index in [1.54, 1.807) is 13.8 Å². The second-order valence-corrected chi connectivity index (χ2v) is 6.81. The second-order valence-electron chi connectivity index (χ2n) is 5.21. The van der Waals surface area contributed by atoms with Gasteiger partial charge in [-0.1, -0.05) is 0 Å². The monoisotopic (exact) mass is 310 g/mol. The Morgan fingerprint density at radius 1 is 1.30 bits per heavy atom. The van der Waals surface area contributed by atoms with Crippen LogP contribution in [0.3, 0.4) is 0 Å². The molecule has 0 N–H and O–H groups in total. The molecule has 0 saturated carbocycles. The summed E-state index contributed by atoms with van der Waals surface area (Å²) in [7, 11) is -3.71. The largest absolute Gasteiger partial charge is 0.463 e. The SMILES string of the molecule is CC(=O)OC[C@H]1OC2OC(C)(C)O[C@@H]2[C@@H]1OS(C)(=O)=O. The van der Waals surface area contributed by atoms with Crippen molar-refractivity contribution in [2.45, 2.75) is 51.2 Å². The lowest BCUT2D eigenvalue weighted by molar-refractivity contribution is -0.218. The molecule has 1 unspecified atom stereocenters. The minimum Gasteiger partial charge on any atom is -0.463 e. The van der Waals surface area contributed by atoms with Crippen molar-refractivity contribution in [1.82, 2.24) is 0 Å². The molecule has 20 heavy (non-hydrogen) atoms. The van der Waals surface area contributed by atoms with Crippen LogP contribution < -0.4 is 0 Å². The van der Waals surface area contributed by atoms with Crippen LogP contribution in [0, 0.1) is 0 Å². The fourth-order valence-corrected chi connectivity index (χ4v) is 2.84. The predicted molar refractivity (Wildman–Crippen MR) is 65.0 cm³/mol. The van der Waals surface area contributed by atoms with Gasteiger partial charge in [-0.3, -0.25) is 8.98 Å². The predicted octanol–water partition coefficient (Wildman–Crippen LogP) is -0.229. The molecule has 8 nitrogen and oxygen atoms in total. The highest BCUT2D eigenvalue weighted by Crippen LogP contribution is 2.39. The third-order valence-electron chi connectivity index (χ3n) is 2.82. The summed E-state index contributed by atoms with van der Waals surface area (Å²) in [6.45, 7) is 4.49. The average molecular weight is 310 g/mol. The van der Waals surface area contributed by atoms with Crippen molar-refractivity contribution >= 4 is 16.1 Å². The van der Waals surface area contributed by atoms with Gasteiger partial charge in [0, 0.05) is 6.92 Å². The highest BCUT2D eigenvalue weighted by atomic mass is 32.2. The number of ether oxygens (including phenoxy) is 4. The highest BCUT2D eigenvalue weighted by molar-refractivity contribution is 7.86. The molecule has 2 fully saturated rings. The molecule has 2 rings (SSSR count). The molecule has 2 heterocycles. The fraction of sp³-hybridized carbons (Fsp3) is 0.909. The van der Waals surface area contributed by atoms with Crippen molar-refractivity contribution in [2.75, 3.05) is 12.9 Å². The van der Waals surface area contributed by atoms with Crippen molar-refractivity contribution in [2.24, 2.45) is 0 Å². The summed E-state index contributed by atoms with van der Waals surface area (Å²) < 4.78 is 49.1. The van der Waals surface area contributed by atoms with E-state index >= 15 is 0 Å². The van der Waals surface area contributed by atoms with Gasteiger partial charge in [0.2, 0.25) is 0 Å². The Kier molecular flexibility index (Phi) is 4.09. The van der Waals surface area contributed by atoms with Crippen LogP contribution in [0.5, 0.6) is 0 Å². The van der Waals surface area contributed by atoms with E-state index in [2.05, 4.69) is 0 Å². The summed E-state index contributed by atoms with van der Waals surface area (Å²) in [6, 6.07) is 0. The van der Waals surface area contributed by atoms with E-state index < -0.39 is 46.5 Å². The Labute approximate surface area is 117 Å². The van der Waals surface area contributed by atoms with Crippen molar-refractivity contribution in [3.63, 3.8) is 0 Å². The molecule has 4 atom stereocenters. The lowest BCUT2D eigenvalue weighted by Crippen LogP contribution is -2.40. The molecule has 2 saturated heterocycles. The summed E-state index contributed by atoms with van der Waals surface area (Å²) in [5, 5.41) is 0. The van der Waals surface area contributed by atoms with Gasteiger partial charge in [0.25, 0.3) is 10.1 Å². The van der Waals surface area contributed by atoms with Gasteiger partial charge in [-0.25, -0.2) is 0 Å². The first-order valence-corrected chi connectivity index (χ1v) is 7.92. The van der Waals surface area contributed by atoms with Gasteiger partial charge in [0.05, 0.1) is 6.26 Å². The smallest absolute Gasteiger partial charge is 0.302 e. The number of carbonyl (C=O) groups excluding carboxylic acids is 1. The molecule has 2 aliphatic heterocycles. The summed E-state index contributed by atoms with van der Waals surface area (Å²) in [5.74, 6) is -1.38. The van der Waals surface area contributed by atoms with Gasteiger partial charge in [-0.15, -0.1) is 0 Å². The number of carbonyl (C=O) groups is 1. The number of rotatable bonds is 4. The van der Waals surface area contributed by atoms with Gasteiger partial charge in [0.15, 0.2) is 12.1 Å². The maximum absolute atomic E-state index is 11.3. The number of hydrogen-bond donors (Lipinski definition) is 0. The van der Waals surface area contributed by atoms with Crippen LogP contribution in [0.15, 0.2) is 0 Å². The Morgan fingerprint density at radius 2 is 1.95 bits per heavy atom. The Bertz CT molecular complexity index is 485. The van der Waals surface area contributed by atoms with Crippen molar-refractivity contribution in [1.29, 1.82) is 0 Å². The Balaban J connectivity index is 2.12. The first-order valence-electron chi connectivity index (χ1n) is 6.10. The van der Waals surface area contributed by atoms with Crippen LogP contribution in [-0.2, 0) is 38.0 Å². The van der Waals surface area contributed by atoms with Gasteiger partial charge in [-0.05, 0) is 13.8 Å². The van der Waals surface area contributed by atoms with E-state index in [-0.39, 0.29) is 6.61 Å². The Morgan fingerprint density at radius 3 is 2.50 bits per heavy atom. The van der Waals surface area contributed by atoms with Crippen LogP contribution >= 0.6 is 0 Å². The van der Waals surface area contributed by atoms with Crippen LogP contribution in [0.25, 0.3) is 0 Å². The van der Waals surface area contributed by atoms with Crippen LogP contribution in [0.1, 0.15) is 20.8 Å². The fourth-order valence-electron chi connectivity index (χ4n) is 2.20. The van der Waals surface area contributed by atoms with Crippen LogP contribution in [0.2, 0.25) is 0 Å². The van der Waals surface area contributed by atoms with Gasteiger partial charge in [-0.2, -0.15) is 8.42 Å². The third-order valence-corrected chi connectivity index (χ3v) is 3.40. The zero-order valence-electron chi connectivity index (χ0n) is 11.7. The molecule has 2 aliphatic rings. The normalized spacial score (nSPS) is 35.8. The third kappa shape index (κ3) is 3.67. The molecular weight excluding hydrogens is 292 g/mol. The summed E-state index contributed by atoms with van der Waals surface area (Å²) in [6.07, 6.45) is -2.20. The quantitative estimate of drug-likeness (QED) is 0.519. The lowest BCUT2D eigenvalue weighted by atomic mass is 10.1. The molecule has 0 spiro atoms. The first kappa shape index (κ1) is 15.6. The van der Waals surface area contributed by atoms with E-state index in [9.17, 15) is 13.2 Å². The highest BCUT2D eigenvalue weighted by Gasteiger charge is 2.56. The summed E-state index contributed by atoms with van der Waals surface area (Å²) in [4.78, 5) is 10.8. The van der Waals surface area contributed by atoms with Gasteiger partial charge < -0.3 is 18.9 Å². The molecule has 116 valence electrons. The van der Waals surface area contributed by atoms with E-state index in [0.29, 0.717) is 0 Å². The van der Waals surface area contributed by atoms with Crippen LogP contribution in [0.4, 0.5) is 0 Å². The molecule has 0 aliphatic carbocycles. The average Bonchev–Trinajstić information content (AvgIpc) is 2.68. The van der Waals surface area contributed by atoms with E-state index in [0.717, 1.165) is 6.26 Å². The Hall–Kier alpha value is -0.740. The first-order chi connectivity index (χ1) is 9.07. The number of hydrogen-bond acceptors (Lipinski definition) is 8. The second kappa shape index (κ2) is 5.23. The number of esters is 1. The van der Waals surface area contributed by atoms with E-state index in [1.807, 2.05) is 0 Å². The number of fused-ring (bicyclic) bond motifs is 1. The molecule has 0 radical (unpaired) electrons. The molecular formula is C11H18O8S. The minimum absolute atomic E-state index is 0.129. The van der Waals surface area contributed by atoms with Gasteiger partial charge >= 0.3 is 5.97 Å². The summed E-state index contributed by atoms with van der Waals surface area (Å²) in [5.41, 5.74) is 0. The molecule has 9 heteroatoms. The lowest BCUT2D eigenvalue weighted by Gasteiger charge is -2.24. The molecule has 0 aromatic rings. The zero-order valence-corrected chi connectivity index (χ0v) is 12.5. The minimum atomic E-state index is -3.71. The molecule has 0 amide bonds. The van der Waals surface area contributed by atoms with Crippen molar-refractivity contribution < 1.29 is 36.3 Å². The topological polar surface area (TPSA) is 97.4 Å². The molecule has 0 aromatic carbocycles. The molecule has 0 aromatic heterocycles. The zero-order chi connectivity index (χ0) is 15.1. The van der Waals surface area contributed by atoms with Gasteiger partial charge in [0.1, 0.15) is 24.9 Å². The summed E-state index contributed by atoms with van der Waals surface area (Å²) >= 11 is 0.